The van der Waals surface area contributed by atoms with Crippen LogP contribution in [0, 0.1) is 0 Å². The van der Waals surface area contributed by atoms with Gasteiger partial charge in [-0.2, -0.15) is 4.98 Å². The summed E-state index contributed by atoms with van der Waals surface area (Å²) in [7, 11) is 0. The van der Waals surface area contributed by atoms with Crippen molar-refractivity contribution in [1.82, 2.24) is 20.3 Å². The smallest absolute Gasteiger partial charge is 0.262 e. The summed E-state index contributed by atoms with van der Waals surface area (Å²) < 4.78 is 0. The van der Waals surface area contributed by atoms with Gasteiger partial charge in [-0.3, -0.25) is 9.78 Å². The highest BCUT2D eigenvalue weighted by Gasteiger charge is 2.09. The topological polar surface area (TPSA) is 99.6 Å². The monoisotopic (exact) mass is 313 g/mol. The second-order valence-electron chi connectivity index (χ2n) is 4.73. The first-order chi connectivity index (χ1) is 10.2. The minimum atomic E-state index is -0.188. The molecule has 0 saturated carbocycles. The Bertz CT molecular complexity index is 593. The van der Waals surface area contributed by atoms with Gasteiger partial charge in [0, 0.05) is 19.1 Å². The molecule has 2 aromatic rings. The molecule has 0 amide bonds. The number of fused-ring (bicyclic) bond motifs is 1. The van der Waals surface area contributed by atoms with Crippen LogP contribution in [0.1, 0.15) is 38.2 Å². The summed E-state index contributed by atoms with van der Waals surface area (Å²) >= 11 is 4.64. The zero-order valence-corrected chi connectivity index (χ0v) is 13.4. The van der Waals surface area contributed by atoms with E-state index in [1.165, 1.54) is 25.6 Å². The summed E-state index contributed by atoms with van der Waals surface area (Å²) in [6, 6.07) is 0. The van der Waals surface area contributed by atoms with Crippen LogP contribution >= 0.6 is 11.6 Å². The van der Waals surface area contributed by atoms with Crippen LogP contribution < -0.4 is 16.6 Å². The maximum atomic E-state index is 11.8. The molecule has 0 unspecified atom stereocenters. The number of alkyl halides is 1. The Hall–Kier alpha value is -1.53. The fourth-order valence-corrected chi connectivity index (χ4v) is 2.16. The molecule has 2 aromatic heterocycles. The Labute approximate surface area is 129 Å². The van der Waals surface area contributed by atoms with Crippen molar-refractivity contribution in [2.45, 2.75) is 39.2 Å². The van der Waals surface area contributed by atoms with E-state index in [1.54, 1.807) is 0 Å². The number of H-pyrrole nitrogens is 2. The van der Waals surface area contributed by atoms with Crippen LogP contribution in [0.4, 0.5) is 5.95 Å². The van der Waals surface area contributed by atoms with E-state index >= 15 is 0 Å². The third-order valence-corrected chi connectivity index (χ3v) is 3.16. The van der Waals surface area contributed by atoms with E-state index in [2.05, 4.69) is 38.8 Å². The second kappa shape index (κ2) is 9.41. The lowest BCUT2D eigenvalue weighted by Gasteiger charge is -2.03. The van der Waals surface area contributed by atoms with Crippen molar-refractivity contribution < 1.29 is 0 Å². The predicted molar refractivity (Wildman–Crippen MR) is 88.8 cm³/mol. The van der Waals surface area contributed by atoms with Gasteiger partial charge in [0.25, 0.3) is 5.56 Å². The number of nitrogens with zero attached hydrogens (tertiary/aromatic N) is 1. The molecule has 21 heavy (non-hydrogen) atoms. The van der Waals surface area contributed by atoms with Gasteiger partial charge in [-0.15, -0.1) is 11.6 Å². The molecule has 118 valence electrons. The Morgan fingerprint density at radius 2 is 2.10 bits per heavy atom. The highest BCUT2D eigenvalue weighted by atomic mass is 35.5. The number of rotatable bonds is 7. The first kappa shape index (κ1) is 17.5. The Morgan fingerprint density at radius 1 is 1.33 bits per heavy atom. The number of nitrogens with two attached hydrogens (primary N) is 1. The molecule has 0 aliphatic carbocycles. The second-order valence-corrected chi connectivity index (χ2v) is 4.73. The molecule has 0 aliphatic rings. The van der Waals surface area contributed by atoms with Crippen molar-refractivity contribution >= 4 is 28.6 Å². The fourth-order valence-electron chi connectivity index (χ4n) is 2.16. The largest absolute Gasteiger partial charge is 0.369 e. The molecule has 7 heteroatoms. The highest BCUT2D eigenvalue weighted by molar-refractivity contribution is 6.15. The summed E-state index contributed by atoms with van der Waals surface area (Å²) in [6.45, 7) is 3.83. The first-order valence-corrected chi connectivity index (χ1v) is 7.92. The number of hydrogen-bond donors (Lipinski definition) is 4. The van der Waals surface area contributed by atoms with E-state index in [1.807, 2.05) is 6.20 Å². The predicted octanol–water partition coefficient (Wildman–Crippen LogP) is 2.36. The first-order valence-electron chi connectivity index (χ1n) is 7.16. The van der Waals surface area contributed by atoms with E-state index in [-0.39, 0.29) is 11.5 Å². The molecule has 6 nitrogen and oxygen atoms in total. The molecule has 0 saturated heterocycles. The highest BCUT2D eigenvalue weighted by Crippen LogP contribution is 2.12. The van der Waals surface area contributed by atoms with Gasteiger partial charge in [-0.25, -0.2) is 0 Å². The number of aromatic amines is 2. The van der Waals surface area contributed by atoms with Crippen LogP contribution in [0.2, 0.25) is 0 Å². The van der Waals surface area contributed by atoms with Crippen LogP contribution in [0.15, 0.2) is 11.0 Å². The number of nitrogens with one attached hydrogen (secondary N) is 3. The molecule has 0 radical (unpaired) electrons. The van der Waals surface area contributed by atoms with Gasteiger partial charge in [-0.1, -0.05) is 26.2 Å². The maximum absolute atomic E-state index is 11.8. The maximum Gasteiger partial charge on any atom is 0.262 e. The van der Waals surface area contributed by atoms with Crippen molar-refractivity contribution in [1.29, 1.82) is 0 Å². The lowest BCUT2D eigenvalue weighted by Crippen LogP contribution is -2.17. The lowest BCUT2D eigenvalue weighted by atomic mass is 10.2. The molecule has 0 spiro atoms. The molecule has 2 heterocycles. The average Bonchev–Trinajstić information content (AvgIpc) is 2.88. The van der Waals surface area contributed by atoms with Gasteiger partial charge in [0.05, 0.1) is 5.39 Å². The summed E-state index contributed by atoms with van der Waals surface area (Å²) in [4.78, 5) is 21.4. The van der Waals surface area contributed by atoms with Crippen LogP contribution in [0.25, 0.3) is 11.0 Å². The molecule has 0 aliphatic heterocycles. The number of unbranched alkanes of at least 4 members (excludes halogenated alkanes) is 3. The third-order valence-electron chi connectivity index (χ3n) is 3.16. The number of aromatic nitrogens is 3. The quantitative estimate of drug-likeness (QED) is 0.465. The third kappa shape index (κ3) is 5.06. The van der Waals surface area contributed by atoms with Gasteiger partial charge in [0.1, 0.15) is 5.65 Å². The molecular weight excluding hydrogens is 290 g/mol. The van der Waals surface area contributed by atoms with E-state index in [9.17, 15) is 4.79 Å². The van der Waals surface area contributed by atoms with Crippen LogP contribution in [0.3, 0.4) is 0 Å². The van der Waals surface area contributed by atoms with Gasteiger partial charge in [0.2, 0.25) is 5.95 Å². The van der Waals surface area contributed by atoms with Gasteiger partial charge in [-0.05, 0) is 18.5 Å². The summed E-state index contributed by atoms with van der Waals surface area (Å²) in [5, 5.41) is 3.94. The number of hydrogen-bond acceptors (Lipinski definition) is 4. The molecule has 0 bridgehead atoms. The molecule has 0 atom stereocenters. The van der Waals surface area contributed by atoms with E-state index in [0.29, 0.717) is 17.6 Å². The minimum Gasteiger partial charge on any atom is -0.369 e. The van der Waals surface area contributed by atoms with Crippen molar-refractivity contribution in [3.8, 4) is 0 Å². The van der Waals surface area contributed by atoms with Crippen LogP contribution in [-0.2, 0) is 6.54 Å². The SMILES string of the molecule is CCCCCCNCc1c[nH]c2nc(N)[nH]c(=O)c12.CCl. The Morgan fingerprint density at radius 3 is 2.81 bits per heavy atom. The molecule has 5 N–H and O–H groups in total. The molecule has 0 fully saturated rings. The number of anilines is 1. The standard InChI is InChI=1S/C13H21N5O.CH3Cl/c1-2-3-4-5-6-15-7-9-8-16-11-10(9)12(19)18-13(14)17-11;1-2/h8,15H,2-7H2,1H3,(H4,14,16,17,18,19);1H3. The summed E-state index contributed by atoms with van der Waals surface area (Å²) in [5.41, 5.74) is 6.79. The normalized spacial score (nSPS) is 10.4. The Kier molecular flexibility index (Phi) is 7.85. The van der Waals surface area contributed by atoms with Crippen molar-refractivity contribution in [3.63, 3.8) is 0 Å². The van der Waals surface area contributed by atoms with Gasteiger partial charge < -0.3 is 16.0 Å². The van der Waals surface area contributed by atoms with E-state index < -0.39 is 0 Å². The zero-order valence-electron chi connectivity index (χ0n) is 12.6. The van der Waals surface area contributed by atoms with Gasteiger partial charge >= 0.3 is 0 Å². The number of halogens is 1. The van der Waals surface area contributed by atoms with E-state index in [0.717, 1.165) is 18.5 Å². The average molecular weight is 314 g/mol. The van der Waals surface area contributed by atoms with Crippen molar-refractivity contribution in [2.75, 3.05) is 18.7 Å². The van der Waals surface area contributed by atoms with Gasteiger partial charge in [0.15, 0.2) is 0 Å². The van der Waals surface area contributed by atoms with Crippen molar-refractivity contribution in [2.24, 2.45) is 0 Å². The zero-order chi connectivity index (χ0) is 15.7. The molecule has 0 aromatic carbocycles. The molecular formula is C14H24ClN5O. The molecule has 2 rings (SSSR count). The van der Waals surface area contributed by atoms with Crippen molar-refractivity contribution in [3.05, 3.63) is 22.1 Å². The summed E-state index contributed by atoms with van der Waals surface area (Å²) in [5.74, 6) is 0.137. The van der Waals surface area contributed by atoms with Crippen LogP contribution in [0.5, 0.6) is 0 Å². The minimum absolute atomic E-state index is 0.137. The summed E-state index contributed by atoms with van der Waals surface area (Å²) in [6.07, 6.45) is 8.21. The fraction of sp³-hybridized carbons (Fsp3) is 0.571. The van der Waals surface area contributed by atoms with E-state index in [4.69, 9.17) is 5.73 Å². The lowest BCUT2D eigenvalue weighted by molar-refractivity contribution is 0.599. The number of nitrogen functional groups attached to an aromatic ring is 1. The Balaban J connectivity index is 0.00000106. The van der Waals surface area contributed by atoms with Crippen LogP contribution in [-0.4, -0.2) is 27.9 Å².